The van der Waals surface area contributed by atoms with Crippen molar-refractivity contribution in [2.75, 3.05) is 18.5 Å². The van der Waals surface area contributed by atoms with Crippen LogP contribution >= 0.6 is 0 Å². The van der Waals surface area contributed by atoms with Crippen LogP contribution in [0.4, 0.5) is 11.4 Å². The standard InChI is InChI=1S/C18H20N4O4S/c23-22(24)17-9-6-8-16(13-17)20-19-14-15-7-2-3-10-18(15)27(25,26)21-11-4-1-5-12-21/h2-3,6-10,13-14,20H,1,4-5,11-12H2. The van der Waals surface area contributed by atoms with Crippen molar-refractivity contribution in [3.63, 3.8) is 0 Å². The molecule has 0 bridgehead atoms. The summed E-state index contributed by atoms with van der Waals surface area (Å²) in [6, 6.07) is 12.6. The van der Waals surface area contributed by atoms with Gasteiger partial charge in [-0.1, -0.05) is 30.7 Å². The van der Waals surface area contributed by atoms with Gasteiger partial charge in [-0.2, -0.15) is 9.41 Å². The zero-order valence-electron chi connectivity index (χ0n) is 14.6. The fourth-order valence-electron chi connectivity index (χ4n) is 2.93. The molecular formula is C18H20N4O4S. The molecule has 0 aromatic heterocycles. The summed E-state index contributed by atoms with van der Waals surface area (Å²) in [5.74, 6) is 0. The smallest absolute Gasteiger partial charge is 0.271 e. The van der Waals surface area contributed by atoms with Gasteiger partial charge in [-0.15, -0.1) is 0 Å². The number of benzene rings is 2. The summed E-state index contributed by atoms with van der Waals surface area (Å²) in [6.45, 7) is 1.06. The Morgan fingerprint density at radius 2 is 1.81 bits per heavy atom. The highest BCUT2D eigenvalue weighted by Gasteiger charge is 2.27. The fourth-order valence-corrected chi connectivity index (χ4v) is 4.62. The highest BCUT2D eigenvalue weighted by Crippen LogP contribution is 2.23. The second-order valence-corrected chi connectivity index (χ2v) is 8.09. The average molecular weight is 388 g/mol. The van der Waals surface area contributed by atoms with E-state index in [2.05, 4.69) is 10.5 Å². The van der Waals surface area contributed by atoms with Gasteiger partial charge in [0.25, 0.3) is 5.69 Å². The zero-order chi connectivity index (χ0) is 19.3. The molecule has 0 unspecified atom stereocenters. The number of sulfonamides is 1. The molecule has 0 amide bonds. The summed E-state index contributed by atoms with van der Waals surface area (Å²) in [5.41, 5.74) is 3.55. The van der Waals surface area contributed by atoms with Crippen LogP contribution in [-0.4, -0.2) is 37.0 Å². The van der Waals surface area contributed by atoms with Crippen molar-refractivity contribution in [1.82, 2.24) is 4.31 Å². The molecule has 27 heavy (non-hydrogen) atoms. The van der Waals surface area contributed by atoms with E-state index in [9.17, 15) is 18.5 Å². The van der Waals surface area contributed by atoms with Crippen LogP contribution in [0, 0.1) is 10.1 Å². The van der Waals surface area contributed by atoms with Crippen LogP contribution in [0.25, 0.3) is 0 Å². The van der Waals surface area contributed by atoms with Crippen LogP contribution in [0.15, 0.2) is 58.5 Å². The van der Waals surface area contributed by atoms with Gasteiger partial charge in [-0.25, -0.2) is 8.42 Å². The molecule has 1 aliphatic heterocycles. The lowest BCUT2D eigenvalue weighted by molar-refractivity contribution is -0.384. The third-order valence-corrected chi connectivity index (χ3v) is 6.28. The Bertz CT molecular complexity index is 953. The van der Waals surface area contributed by atoms with Crippen LogP contribution in [0.5, 0.6) is 0 Å². The van der Waals surface area contributed by atoms with E-state index >= 15 is 0 Å². The predicted octanol–water partition coefficient (Wildman–Crippen LogP) is 3.22. The molecule has 1 heterocycles. The first-order valence-electron chi connectivity index (χ1n) is 8.61. The Kier molecular flexibility index (Phi) is 5.82. The fraction of sp³-hybridized carbons (Fsp3) is 0.278. The lowest BCUT2D eigenvalue weighted by atomic mass is 10.2. The number of nitro benzene ring substituents is 1. The van der Waals surface area contributed by atoms with Crippen molar-refractivity contribution >= 4 is 27.6 Å². The highest BCUT2D eigenvalue weighted by molar-refractivity contribution is 7.89. The van der Waals surface area contributed by atoms with E-state index in [0.29, 0.717) is 24.3 Å². The maximum absolute atomic E-state index is 12.9. The number of hydrogen-bond acceptors (Lipinski definition) is 6. The van der Waals surface area contributed by atoms with E-state index in [0.717, 1.165) is 19.3 Å². The van der Waals surface area contributed by atoms with Crippen molar-refractivity contribution < 1.29 is 13.3 Å². The van der Waals surface area contributed by atoms with Gasteiger partial charge in [0.1, 0.15) is 0 Å². The normalized spacial score (nSPS) is 15.7. The first-order chi connectivity index (χ1) is 13.0. The molecule has 3 rings (SSSR count). The largest absolute Gasteiger partial charge is 0.278 e. The van der Waals surface area contributed by atoms with Gasteiger partial charge in [0.05, 0.1) is 21.7 Å². The van der Waals surface area contributed by atoms with Crippen LogP contribution < -0.4 is 5.43 Å². The van der Waals surface area contributed by atoms with Gasteiger partial charge >= 0.3 is 0 Å². The molecule has 1 aliphatic rings. The number of anilines is 1. The van der Waals surface area contributed by atoms with Crippen LogP contribution in [-0.2, 0) is 10.0 Å². The minimum atomic E-state index is -3.58. The van der Waals surface area contributed by atoms with Gasteiger partial charge in [-0.3, -0.25) is 15.5 Å². The lowest BCUT2D eigenvalue weighted by Crippen LogP contribution is -2.36. The molecule has 2 aromatic carbocycles. The molecule has 0 saturated carbocycles. The summed E-state index contributed by atoms with van der Waals surface area (Å²) in [7, 11) is -3.58. The van der Waals surface area contributed by atoms with Crippen LogP contribution in [0.3, 0.4) is 0 Å². The molecule has 0 atom stereocenters. The first-order valence-corrected chi connectivity index (χ1v) is 10.1. The Morgan fingerprint density at radius 1 is 1.07 bits per heavy atom. The monoisotopic (exact) mass is 388 g/mol. The summed E-state index contributed by atoms with van der Waals surface area (Å²) in [6.07, 6.45) is 4.19. The van der Waals surface area contributed by atoms with Gasteiger partial charge < -0.3 is 0 Å². The zero-order valence-corrected chi connectivity index (χ0v) is 15.4. The van der Waals surface area contributed by atoms with E-state index in [4.69, 9.17) is 0 Å². The lowest BCUT2D eigenvalue weighted by Gasteiger charge is -2.26. The van der Waals surface area contributed by atoms with Gasteiger partial charge in [0.15, 0.2) is 0 Å². The Hall–Kier alpha value is -2.78. The van der Waals surface area contributed by atoms with Crippen molar-refractivity contribution in [2.45, 2.75) is 24.2 Å². The van der Waals surface area contributed by atoms with Crippen molar-refractivity contribution in [3.8, 4) is 0 Å². The summed E-state index contributed by atoms with van der Waals surface area (Å²) in [4.78, 5) is 10.5. The van der Waals surface area contributed by atoms with E-state index in [1.54, 1.807) is 36.4 Å². The van der Waals surface area contributed by atoms with Gasteiger partial charge in [0, 0.05) is 30.8 Å². The molecular weight excluding hydrogens is 368 g/mol. The molecule has 0 spiro atoms. The van der Waals surface area contributed by atoms with E-state index in [-0.39, 0.29) is 10.6 Å². The van der Waals surface area contributed by atoms with E-state index < -0.39 is 14.9 Å². The molecule has 142 valence electrons. The quantitative estimate of drug-likeness (QED) is 0.465. The number of nitrogens with one attached hydrogen (secondary N) is 1. The number of hydrazone groups is 1. The maximum atomic E-state index is 12.9. The van der Waals surface area contributed by atoms with E-state index in [1.165, 1.54) is 22.7 Å². The number of nitrogens with zero attached hydrogens (tertiary/aromatic N) is 3. The Morgan fingerprint density at radius 3 is 2.56 bits per heavy atom. The summed E-state index contributed by atoms with van der Waals surface area (Å²) >= 11 is 0. The number of piperidine rings is 1. The number of hydrogen-bond donors (Lipinski definition) is 1. The predicted molar refractivity (Wildman–Crippen MR) is 103 cm³/mol. The molecule has 0 radical (unpaired) electrons. The minimum Gasteiger partial charge on any atom is -0.278 e. The van der Waals surface area contributed by atoms with E-state index in [1.807, 2.05) is 0 Å². The van der Waals surface area contributed by atoms with Crippen molar-refractivity contribution in [2.24, 2.45) is 5.10 Å². The maximum Gasteiger partial charge on any atom is 0.271 e. The van der Waals surface area contributed by atoms with Gasteiger partial charge in [-0.05, 0) is 25.0 Å². The third kappa shape index (κ3) is 4.50. The van der Waals surface area contributed by atoms with Crippen LogP contribution in [0.2, 0.25) is 0 Å². The van der Waals surface area contributed by atoms with Crippen LogP contribution in [0.1, 0.15) is 24.8 Å². The number of rotatable bonds is 6. The summed E-state index contributed by atoms with van der Waals surface area (Å²) < 4.78 is 27.4. The molecule has 1 saturated heterocycles. The highest BCUT2D eigenvalue weighted by atomic mass is 32.2. The second-order valence-electron chi connectivity index (χ2n) is 6.18. The summed E-state index contributed by atoms with van der Waals surface area (Å²) in [5, 5.41) is 14.9. The average Bonchev–Trinajstić information content (AvgIpc) is 2.69. The Labute approximate surface area is 157 Å². The SMILES string of the molecule is O=[N+]([O-])c1cccc(NN=Cc2ccccc2S(=O)(=O)N2CCCCC2)c1. The molecule has 9 heteroatoms. The van der Waals surface area contributed by atoms with Crippen molar-refractivity contribution in [3.05, 3.63) is 64.2 Å². The molecule has 0 aliphatic carbocycles. The minimum absolute atomic E-state index is 0.0525. The van der Waals surface area contributed by atoms with Gasteiger partial charge in [0.2, 0.25) is 10.0 Å². The number of non-ortho nitro benzene ring substituents is 1. The third-order valence-electron chi connectivity index (χ3n) is 4.31. The molecule has 8 nitrogen and oxygen atoms in total. The first kappa shape index (κ1) is 19.0. The second kappa shape index (κ2) is 8.28. The molecule has 1 fully saturated rings. The van der Waals surface area contributed by atoms with Crippen molar-refractivity contribution in [1.29, 1.82) is 0 Å². The molecule has 2 aromatic rings. The Balaban J connectivity index is 1.81. The topological polar surface area (TPSA) is 105 Å². The number of nitro groups is 1. The molecule has 1 N–H and O–H groups in total.